The molecule has 2 aromatic rings. The van der Waals surface area contributed by atoms with Gasteiger partial charge in [0, 0.05) is 22.8 Å². The summed E-state index contributed by atoms with van der Waals surface area (Å²) >= 11 is 1.62. The van der Waals surface area contributed by atoms with Crippen LogP contribution < -0.4 is 4.74 Å². The molecule has 2 rings (SSSR count). The van der Waals surface area contributed by atoms with Crippen molar-refractivity contribution >= 4 is 17.3 Å². The monoisotopic (exact) mass is 334 g/mol. The van der Waals surface area contributed by atoms with Crippen molar-refractivity contribution in [2.75, 3.05) is 6.61 Å². The molecule has 0 fully saturated rings. The molecule has 1 aromatic heterocycles. The third kappa shape index (κ3) is 4.81. The van der Waals surface area contributed by atoms with E-state index in [-0.39, 0.29) is 18.3 Å². The number of rotatable bonds is 8. The Labute approximate surface area is 140 Å². The highest BCUT2D eigenvalue weighted by Crippen LogP contribution is 2.32. The zero-order chi connectivity index (χ0) is 16.8. The summed E-state index contributed by atoms with van der Waals surface area (Å²) in [5.41, 5.74) is 1.06. The molecule has 23 heavy (non-hydrogen) atoms. The molecule has 1 heterocycles. The lowest BCUT2D eigenvalue weighted by atomic mass is 10.1. The van der Waals surface area contributed by atoms with Crippen molar-refractivity contribution in [2.24, 2.45) is 0 Å². The summed E-state index contributed by atoms with van der Waals surface area (Å²) in [7, 11) is 0. The molecule has 0 aliphatic carbocycles. The topological polar surface area (TPSA) is 66.8 Å². The van der Waals surface area contributed by atoms with E-state index in [0.29, 0.717) is 12.2 Å². The molecule has 0 spiro atoms. The summed E-state index contributed by atoms with van der Waals surface area (Å²) in [5, 5.41) is 18.5. The van der Waals surface area contributed by atoms with Gasteiger partial charge in [0.05, 0.1) is 5.56 Å². The van der Waals surface area contributed by atoms with Crippen molar-refractivity contribution in [1.29, 1.82) is 0 Å². The highest BCUT2D eigenvalue weighted by Gasteiger charge is 2.14. The average Bonchev–Trinajstić information content (AvgIpc) is 2.94. The second-order valence-electron chi connectivity index (χ2n) is 5.50. The second-order valence-corrected chi connectivity index (χ2v) is 6.79. The van der Waals surface area contributed by atoms with Gasteiger partial charge in [-0.2, -0.15) is 0 Å². The number of aromatic carboxylic acids is 1. The van der Waals surface area contributed by atoms with Crippen molar-refractivity contribution in [3.63, 3.8) is 0 Å². The lowest BCUT2D eigenvalue weighted by Crippen LogP contribution is -2.18. The maximum atomic E-state index is 11.4. The zero-order valence-electron chi connectivity index (χ0n) is 13.4. The minimum absolute atomic E-state index is 0.0558. The van der Waals surface area contributed by atoms with Crippen molar-refractivity contribution in [2.45, 2.75) is 39.2 Å². The first-order valence-electron chi connectivity index (χ1n) is 7.76. The number of ether oxygens (including phenoxy) is 1. The summed E-state index contributed by atoms with van der Waals surface area (Å²) < 4.78 is 5.94. The summed E-state index contributed by atoms with van der Waals surface area (Å²) in [6.07, 6.45) is 2.21. The molecule has 4 nitrogen and oxygen atoms in total. The Morgan fingerprint density at radius 1 is 1.26 bits per heavy atom. The van der Waals surface area contributed by atoms with Gasteiger partial charge in [-0.1, -0.05) is 13.3 Å². The van der Waals surface area contributed by atoms with E-state index >= 15 is 0 Å². The number of carboxylic acids is 1. The number of hydrogen-bond donors (Lipinski definition) is 2. The minimum Gasteiger partial charge on any atom is -0.490 e. The van der Waals surface area contributed by atoms with Gasteiger partial charge >= 0.3 is 5.97 Å². The molecule has 0 aliphatic rings. The fourth-order valence-corrected chi connectivity index (χ4v) is 3.30. The number of carboxylic acid groups (broad SMARTS) is 1. The SMILES string of the molecule is CCCC(CCO)Oc1cc(C(=O)O)cc(-c2ccc(C)s2)c1. The van der Waals surface area contributed by atoms with Gasteiger partial charge in [0.15, 0.2) is 0 Å². The predicted octanol–water partition coefficient (Wildman–Crippen LogP) is 4.35. The molecule has 124 valence electrons. The van der Waals surface area contributed by atoms with Crippen molar-refractivity contribution in [3.8, 4) is 16.2 Å². The van der Waals surface area contributed by atoms with Crippen LogP contribution in [0, 0.1) is 6.92 Å². The summed E-state index contributed by atoms with van der Waals surface area (Å²) in [4.78, 5) is 13.6. The maximum absolute atomic E-state index is 11.4. The number of aliphatic hydroxyl groups is 1. The number of aryl methyl sites for hydroxylation is 1. The smallest absolute Gasteiger partial charge is 0.335 e. The first-order valence-corrected chi connectivity index (χ1v) is 8.57. The quantitative estimate of drug-likeness (QED) is 0.753. The Hall–Kier alpha value is -1.85. The van der Waals surface area contributed by atoms with E-state index in [4.69, 9.17) is 9.84 Å². The molecule has 2 N–H and O–H groups in total. The predicted molar refractivity (Wildman–Crippen MR) is 92.5 cm³/mol. The van der Waals surface area contributed by atoms with Gasteiger partial charge in [0.25, 0.3) is 0 Å². The van der Waals surface area contributed by atoms with E-state index in [1.54, 1.807) is 23.5 Å². The molecular weight excluding hydrogens is 312 g/mol. The Morgan fingerprint density at radius 2 is 2.04 bits per heavy atom. The Bertz CT molecular complexity index is 657. The molecule has 0 amide bonds. The van der Waals surface area contributed by atoms with Crippen LogP contribution in [0.1, 0.15) is 41.4 Å². The molecule has 0 aliphatic heterocycles. The van der Waals surface area contributed by atoms with Gasteiger partial charge in [-0.15, -0.1) is 11.3 Å². The van der Waals surface area contributed by atoms with Crippen LogP contribution in [0.4, 0.5) is 0 Å². The molecule has 0 bridgehead atoms. The lowest BCUT2D eigenvalue weighted by Gasteiger charge is -2.18. The average molecular weight is 334 g/mol. The molecule has 0 saturated carbocycles. The van der Waals surface area contributed by atoms with Crippen LogP contribution in [0.25, 0.3) is 10.4 Å². The highest BCUT2D eigenvalue weighted by atomic mass is 32.1. The summed E-state index contributed by atoms with van der Waals surface area (Å²) in [6.45, 7) is 4.13. The first-order chi connectivity index (χ1) is 11.0. The Kier molecular flexibility index (Phi) is 6.19. The zero-order valence-corrected chi connectivity index (χ0v) is 14.2. The van der Waals surface area contributed by atoms with Gasteiger partial charge in [-0.25, -0.2) is 4.79 Å². The van der Waals surface area contributed by atoms with E-state index in [2.05, 4.69) is 6.92 Å². The van der Waals surface area contributed by atoms with Gasteiger partial charge < -0.3 is 14.9 Å². The fourth-order valence-electron chi connectivity index (χ4n) is 2.44. The molecule has 1 unspecified atom stereocenters. The molecule has 5 heteroatoms. The second kappa shape index (κ2) is 8.13. The van der Waals surface area contributed by atoms with E-state index in [9.17, 15) is 9.90 Å². The standard InChI is InChI=1S/C18H22O4S/c1-3-4-15(7-8-19)22-16-10-13(9-14(11-16)18(20)21)17-6-5-12(2)23-17/h5-6,9-11,15,19H,3-4,7-8H2,1-2H3,(H,20,21). The number of thiophene rings is 1. The number of hydrogen-bond acceptors (Lipinski definition) is 4. The Balaban J connectivity index is 2.34. The van der Waals surface area contributed by atoms with Gasteiger partial charge in [-0.3, -0.25) is 0 Å². The highest BCUT2D eigenvalue weighted by molar-refractivity contribution is 7.15. The largest absolute Gasteiger partial charge is 0.490 e. The van der Waals surface area contributed by atoms with Crippen molar-refractivity contribution < 1.29 is 19.7 Å². The summed E-state index contributed by atoms with van der Waals surface area (Å²) in [5.74, 6) is -0.433. The first kappa shape index (κ1) is 17.5. The minimum atomic E-state index is -0.973. The maximum Gasteiger partial charge on any atom is 0.335 e. The van der Waals surface area contributed by atoms with Crippen LogP contribution in [0.15, 0.2) is 30.3 Å². The third-order valence-electron chi connectivity index (χ3n) is 3.54. The van der Waals surface area contributed by atoms with E-state index in [1.165, 1.54) is 4.88 Å². The third-order valence-corrected chi connectivity index (χ3v) is 4.59. The molecule has 1 atom stereocenters. The van der Waals surface area contributed by atoms with Gasteiger partial charge in [0.2, 0.25) is 0 Å². The van der Waals surface area contributed by atoms with Crippen LogP contribution in [-0.4, -0.2) is 28.9 Å². The number of benzene rings is 1. The number of carbonyl (C=O) groups is 1. The normalized spacial score (nSPS) is 12.1. The molecule has 0 saturated heterocycles. The Morgan fingerprint density at radius 3 is 2.61 bits per heavy atom. The van der Waals surface area contributed by atoms with Crippen LogP contribution in [0.2, 0.25) is 0 Å². The van der Waals surface area contributed by atoms with E-state index in [0.717, 1.165) is 23.3 Å². The van der Waals surface area contributed by atoms with Gasteiger partial charge in [-0.05, 0) is 49.2 Å². The molecule has 0 radical (unpaired) electrons. The molecular formula is C18H22O4S. The molecule has 1 aromatic carbocycles. The van der Waals surface area contributed by atoms with Crippen LogP contribution >= 0.6 is 11.3 Å². The fraction of sp³-hybridized carbons (Fsp3) is 0.389. The van der Waals surface area contributed by atoms with Crippen LogP contribution in [0.3, 0.4) is 0 Å². The lowest BCUT2D eigenvalue weighted by molar-refractivity contribution is 0.0695. The van der Waals surface area contributed by atoms with Crippen LogP contribution in [0.5, 0.6) is 5.75 Å². The van der Waals surface area contributed by atoms with E-state index in [1.807, 2.05) is 25.1 Å². The number of aliphatic hydroxyl groups excluding tert-OH is 1. The van der Waals surface area contributed by atoms with Crippen molar-refractivity contribution in [1.82, 2.24) is 0 Å². The van der Waals surface area contributed by atoms with Crippen molar-refractivity contribution in [3.05, 3.63) is 40.8 Å². The van der Waals surface area contributed by atoms with E-state index < -0.39 is 5.97 Å². The van der Waals surface area contributed by atoms with Crippen LogP contribution in [-0.2, 0) is 0 Å². The van der Waals surface area contributed by atoms with Gasteiger partial charge in [0.1, 0.15) is 11.9 Å². The summed E-state index contributed by atoms with van der Waals surface area (Å²) in [6, 6.07) is 9.09.